The third-order valence-electron chi connectivity index (χ3n) is 5.59. The molecule has 2 aromatic carbocycles. The van der Waals surface area contributed by atoms with Gasteiger partial charge >= 0.3 is 0 Å². The van der Waals surface area contributed by atoms with Crippen molar-refractivity contribution in [1.29, 1.82) is 0 Å². The third kappa shape index (κ3) is 7.74. The molecule has 0 amide bonds. The van der Waals surface area contributed by atoms with Gasteiger partial charge in [-0.1, -0.05) is 69.3 Å². The first-order chi connectivity index (χ1) is 13.2. The normalized spacial score (nSPS) is 14.6. The van der Waals surface area contributed by atoms with Crippen molar-refractivity contribution in [2.24, 2.45) is 0 Å². The lowest BCUT2D eigenvalue weighted by Gasteiger charge is -2.40. The first-order valence-electron chi connectivity index (χ1n) is 10.2. The molecule has 2 nitrogen and oxygen atoms in total. The maximum absolute atomic E-state index is 10.7. The SMILES string of the molecule is CC(C)(C)[Si](C)(C)OC(CCc1ccccc1)CC(O)CSc1ccccc1. The second-order valence-electron chi connectivity index (χ2n) is 9.04. The minimum Gasteiger partial charge on any atom is -0.414 e. The van der Waals surface area contributed by atoms with E-state index in [1.807, 2.05) is 18.2 Å². The van der Waals surface area contributed by atoms with E-state index in [4.69, 9.17) is 4.43 Å². The number of thioether (sulfide) groups is 1. The number of aliphatic hydroxyl groups is 1. The summed E-state index contributed by atoms with van der Waals surface area (Å²) in [6.45, 7) is 11.4. The zero-order valence-electron chi connectivity index (χ0n) is 18.0. The molecule has 0 radical (unpaired) electrons. The molecular weight excluding hydrogens is 380 g/mol. The van der Waals surface area contributed by atoms with E-state index in [0.717, 1.165) is 12.8 Å². The predicted molar refractivity (Wildman–Crippen MR) is 125 cm³/mol. The lowest BCUT2D eigenvalue weighted by atomic mass is 10.0. The highest BCUT2D eigenvalue weighted by atomic mass is 32.2. The number of benzene rings is 2. The average Bonchev–Trinajstić information content (AvgIpc) is 2.65. The summed E-state index contributed by atoms with van der Waals surface area (Å²) in [5.74, 6) is 0.701. The van der Waals surface area contributed by atoms with Gasteiger partial charge in [0.05, 0.1) is 6.10 Å². The summed E-state index contributed by atoms with van der Waals surface area (Å²) in [5, 5.41) is 10.9. The quantitative estimate of drug-likeness (QED) is 0.351. The molecule has 0 aliphatic rings. The first kappa shape index (κ1) is 23.2. The molecule has 2 rings (SSSR count). The van der Waals surface area contributed by atoms with Gasteiger partial charge in [0, 0.05) is 16.8 Å². The van der Waals surface area contributed by atoms with E-state index in [9.17, 15) is 5.11 Å². The fourth-order valence-corrected chi connectivity index (χ4v) is 5.14. The Morgan fingerprint density at radius 2 is 1.54 bits per heavy atom. The number of rotatable bonds is 10. The molecule has 0 bridgehead atoms. The summed E-state index contributed by atoms with van der Waals surface area (Å²) in [6.07, 6.45) is 2.35. The van der Waals surface area contributed by atoms with Crippen molar-refractivity contribution in [2.75, 3.05) is 5.75 Å². The Morgan fingerprint density at radius 3 is 2.11 bits per heavy atom. The van der Waals surface area contributed by atoms with Gasteiger partial charge in [-0.05, 0) is 55.1 Å². The summed E-state index contributed by atoms with van der Waals surface area (Å²) in [4.78, 5) is 1.20. The van der Waals surface area contributed by atoms with Crippen molar-refractivity contribution >= 4 is 20.1 Å². The van der Waals surface area contributed by atoms with Crippen LogP contribution in [0.5, 0.6) is 0 Å². The van der Waals surface area contributed by atoms with Gasteiger partial charge in [0.2, 0.25) is 0 Å². The first-order valence-corrected chi connectivity index (χ1v) is 14.1. The summed E-state index contributed by atoms with van der Waals surface area (Å²) < 4.78 is 6.72. The molecule has 0 fully saturated rings. The summed E-state index contributed by atoms with van der Waals surface area (Å²) in [6, 6.07) is 20.9. The summed E-state index contributed by atoms with van der Waals surface area (Å²) in [5.41, 5.74) is 1.33. The topological polar surface area (TPSA) is 29.5 Å². The zero-order valence-corrected chi connectivity index (χ0v) is 19.8. The number of aliphatic hydroxyl groups excluding tert-OH is 1. The molecule has 1 N–H and O–H groups in total. The Hall–Kier alpha value is -1.07. The predicted octanol–water partition coefficient (Wildman–Crippen LogP) is 6.55. The molecule has 0 aromatic heterocycles. The van der Waals surface area contributed by atoms with E-state index in [0.29, 0.717) is 12.2 Å². The molecule has 2 aromatic rings. The van der Waals surface area contributed by atoms with Gasteiger partial charge in [-0.15, -0.1) is 11.8 Å². The van der Waals surface area contributed by atoms with Crippen LogP contribution in [0, 0.1) is 0 Å². The fourth-order valence-electron chi connectivity index (χ4n) is 2.87. The van der Waals surface area contributed by atoms with Gasteiger partial charge in [-0.25, -0.2) is 0 Å². The molecule has 2 atom stereocenters. The minimum atomic E-state index is -1.88. The van der Waals surface area contributed by atoms with Crippen LogP contribution in [0.2, 0.25) is 18.1 Å². The van der Waals surface area contributed by atoms with Crippen LogP contribution in [0.4, 0.5) is 0 Å². The third-order valence-corrected chi connectivity index (χ3v) is 11.3. The van der Waals surface area contributed by atoms with Crippen molar-refractivity contribution in [3.63, 3.8) is 0 Å². The number of hydrogen-bond acceptors (Lipinski definition) is 3. The Kier molecular flexibility index (Phi) is 8.81. The van der Waals surface area contributed by atoms with Gasteiger partial charge in [-0.3, -0.25) is 0 Å². The van der Waals surface area contributed by atoms with Crippen molar-refractivity contribution in [3.05, 3.63) is 66.2 Å². The second-order valence-corrected chi connectivity index (χ2v) is 14.9. The van der Waals surface area contributed by atoms with Crippen molar-refractivity contribution in [3.8, 4) is 0 Å². The lowest BCUT2D eigenvalue weighted by molar-refractivity contribution is 0.0937. The Morgan fingerprint density at radius 1 is 0.964 bits per heavy atom. The van der Waals surface area contributed by atoms with E-state index in [2.05, 4.69) is 76.3 Å². The van der Waals surface area contributed by atoms with Gasteiger partial charge in [-0.2, -0.15) is 0 Å². The van der Waals surface area contributed by atoms with Crippen molar-refractivity contribution in [2.45, 2.75) is 75.3 Å². The lowest BCUT2D eigenvalue weighted by Crippen LogP contribution is -2.44. The number of aryl methyl sites for hydroxylation is 1. The Labute approximate surface area is 176 Å². The highest BCUT2D eigenvalue weighted by Crippen LogP contribution is 2.38. The Balaban J connectivity index is 1.97. The molecular formula is C24H36O2SSi. The van der Waals surface area contributed by atoms with Gasteiger partial charge in [0.1, 0.15) is 0 Å². The van der Waals surface area contributed by atoms with Crippen molar-refractivity contribution < 1.29 is 9.53 Å². The van der Waals surface area contributed by atoms with Crippen LogP contribution in [0.25, 0.3) is 0 Å². The molecule has 0 spiro atoms. The second kappa shape index (κ2) is 10.6. The van der Waals surface area contributed by atoms with E-state index >= 15 is 0 Å². The summed E-state index contributed by atoms with van der Waals surface area (Å²) in [7, 11) is -1.88. The molecule has 0 saturated carbocycles. The molecule has 0 aliphatic heterocycles. The Bertz CT molecular complexity index is 683. The maximum Gasteiger partial charge on any atom is 0.192 e. The fraction of sp³-hybridized carbons (Fsp3) is 0.500. The van der Waals surface area contributed by atoms with Gasteiger partial charge in [0.15, 0.2) is 8.32 Å². The molecule has 154 valence electrons. The van der Waals surface area contributed by atoms with Crippen LogP contribution in [-0.2, 0) is 10.8 Å². The largest absolute Gasteiger partial charge is 0.414 e. The van der Waals surface area contributed by atoms with E-state index < -0.39 is 8.32 Å². The molecule has 28 heavy (non-hydrogen) atoms. The van der Waals surface area contributed by atoms with Gasteiger partial charge in [0.25, 0.3) is 0 Å². The molecule has 0 aliphatic carbocycles. The van der Waals surface area contributed by atoms with Gasteiger partial charge < -0.3 is 9.53 Å². The number of hydrogen-bond donors (Lipinski definition) is 1. The van der Waals surface area contributed by atoms with Crippen LogP contribution in [-0.4, -0.2) is 31.4 Å². The van der Waals surface area contributed by atoms with Crippen LogP contribution in [0.15, 0.2) is 65.6 Å². The molecule has 4 heteroatoms. The van der Waals surface area contributed by atoms with E-state index in [1.54, 1.807) is 11.8 Å². The highest BCUT2D eigenvalue weighted by molar-refractivity contribution is 7.99. The smallest absolute Gasteiger partial charge is 0.192 e. The zero-order chi connectivity index (χ0) is 20.6. The summed E-state index contributed by atoms with van der Waals surface area (Å²) >= 11 is 1.71. The van der Waals surface area contributed by atoms with Crippen LogP contribution in [0.3, 0.4) is 0 Å². The van der Waals surface area contributed by atoms with E-state index in [1.165, 1.54) is 10.5 Å². The van der Waals surface area contributed by atoms with E-state index in [-0.39, 0.29) is 17.2 Å². The molecule has 2 unspecified atom stereocenters. The monoisotopic (exact) mass is 416 g/mol. The maximum atomic E-state index is 10.7. The van der Waals surface area contributed by atoms with Crippen molar-refractivity contribution in [1.82, 2.24) is 0 Å². The average molecular weight is 417 g/mol. The van der Waals surface area contributed by atoms with Crippen LogP contribution >= 0.6 is 11.8 Å². The molecule has 0 saturated heterocycles. The van der Waals surface area contributed by atoms with Crippen LogP contribution < -0.4 is 0 Å². The standard InChI is InChI=1S/C24H36O2SSi/c1-24(2,3)28(4,5)26-22(17-16-20-12-8-6-9-13-20)18-21(25)19-27-23-14-10-7-11-15-23/h6-15,21-22,25H,16-19H2,1-5H3. The highest BCUT2D eigenvalue weighted by Gasteiger charge is 2.39. The van der Waals surface area contributed by atoms with Crippen LogP contribution in [0.1, 0.15) is 39.2 Å². The minimum absolute atomic E-state index is 0.0903. The molecule has 0 heterocycles.